The van der Waals surface area contributed by atoms with Crippen molar-refractivity contribution in [2.75, 3.05) is 19.8 Å². The summed E-state index contributed by atoms with van der Waals surface area (Å²) in [5.74, 6) is -3.64. The highest BCUT2D eigenvalue weighted by molar-refractivity contribution is 6.30. The molecule has 0 radical (unpaired) electrons. The average molecular weight is 468 g/mol. The summed E-state index contributed by atoms with van der Waals surface area (Å²) in [6, 6.07) is 6.62. The predicted molar refractivity (Wildman–Crippen MR) is 118 cm³/mol. The Morgan fingerprint density at radius 3 is 2.16 bits per heavy atom. The number of aliphatic hydroxyl groups excluding tert-OH is 1. The first-order valence-electron chi connectivity index (χ1n) is 9.72. The number of benzene rings is 1. The van der Waals surface area contributed by atoms with Crippen LogP contribution in [-0.2, 0) is 35.0 Å². The molecule has 1 aromatic carbocycles. The zero-order valence-corrected chi connectivity index (χ0v) is 18.8. The molecular formula is C21H26ClN3O7. The van der Waals surface area contributed by atoms with Crippen LogP contribution in [0.1, 0.15) is 26.3 Å². The first kappa shape index (κ1) is 26.5. The van der Waals surface area contributed by atoms with Gasteiger partial charge in [-0.2, -0.15) is 5.10 Å². The molecule has 0 atom stereocenters. The second-order valence-electron chi connectivity index (χ2n) is 5.99. The van der Waals surface area contributed by atoms with E-state index in [0.717, 1.165) is 6.08 Å². The summed E-state index contributed by atoms with van der Waals surface area (Å²) in [5.41, 5.74) is 7.89. The van der Waals surface area contributed by atoms with Gasteiger partial charge < -0.3 is 25.1 Å². The molecule has 0 aliphatic rings. The van der Waals surface area contributed by atoms with Gasteiger partial charge in [-0.3, -0.25) is 4.79 Å². The number of nitrogens with two attached hydrogens (primary N) is 1. The van der Waals surface area contributed by atoms with Crippen LogP contribution in [0.5, 0.6) is 0 Å². The highest BCUT2D eigenvalue weighted by Crippen LogP contribution is 2.13. The van der Waals surface area contributed by atoms with Gasteiger partial charge in [-0.15, -0.1) is 0 Å². The Kier molecular flexibility index (Phi) is 11.4. The summed E-state index contributed by atoms with van der Waals surface area (Å²) in [4.78, 5) is 36.7. The van der Waals surface area contributed by atoms with Gasteiger partial charge in [0.1, 0.15) is 11.1 Å². The van der Waals surface area contributed by atoms with Crippen molar-refractivity contribution in [3.63, 3.8) is 0 Å². The number of hydrogen-bond donors (Lipinski definition) is 3. The lowest BCUT2D eigenvalue weighted by molar-refractivity contribution is -0.138. The molecule has 0 spiro atoms. The Labute approximate surface area is 190 Å². The van der Waals surface area contributed by atoms with Crippen LogP contribution in [-0.4, -0.2) is 48.6 Å². The molecule has 1 amide bonds. The molecule has 0 fully saturated rings. The van der Waals surface area contributed by atoms with Crippen molar-refractivity contribution in [1.82, 2.24) is 5.43 Å². The smallest absolute Gasteiger partial charge is 0.345 e. The topological polar surface area (TPSA) is 150 Å². The normalized spacial score (nSPS) is 12.5. The van der Waals surface area contributed by atoms with Crippen molar-refractivity contribution >= 4 is 35.3 Å². The molecule has 32 heavy (non-hydrogen) atoms. The number of nitrogens with zero attached hydrogens (tertiary/aromatic N) is 1. The van der Waals surface area contributed by atoms with E-state index in [4.69, 9.17) is 31.5 Å². The van der Waals surface area contributed by atoms with Gasteiger partial charge in [-0.1, -0.05) is 23.7 Å². The number of hydrogen-bond acceptors (Lipinski definition) is 8. The van der Waals surface area contributed by atoms with E-state index in [9.17, 15) is 19.5 Å². The van der Waals surface area contributed by atoms with Crippen LogP contribution in [0.25, 0.3) is 0 Å². The Hall–Kier alpha value is -3.53. The lowest BCUT2D eigenvalue weighted by Crippen LogP contribution is -2.29. The van der Waals surface area contributed by atoms with Crippen molar-refractivity contribution in [2.45, 2.75) is 27.2 Å². The maximum atomic E-state index is 12.4. The molecule has 0 saturated heterocycles. The Morgan fingerprint density at radius 2 is 1.59 bits per heavy atom. The summed E-state index contributed by atoms with van der Waals surface area (Å²) >= 11 is 5.81. The number of carbonyl (C=O) groups is 3. The van der Waals surface area contributed by atoms with E-state index in [1.165, 1.54) is 0 Å². The number of ether oxygens (including phenoxy) is 3. The van der Waals surface area contributed by atoms with Crippen LogP contribution in [0.2, 0.25) is 5.02 Å². The minimum Gasteiger partial charge on any atom is -0.480 e. The number of halogens is 1. The molecular weight excluding hydrogens is 442 g/mol. The van der Waals surface area contributed by atoms with E-state index in [0.29, 0.717) is 10.6 Å². The fourth-order valence-electron chi connectivity index (χ4n) is 2.23. The van der Waals surface area contributed by atoms with E-state index in [2.05, 4.69) is 10.5 Å². The van der Waals surface area contributed by atoms with Gasteiger partial charge in [0.15, 0.2) is 5.84 Å². The Bertz CT molecular complexity index is 908. The van der Waals surface area contributed by atoms with Crippen LogP contribution < -0.4 is 11.2 Å². The SMILES string of the molecule is CCOC(=O)C(=C\C(C(=O)OCC)=C(/O)OCC)/C(N)=N/NC(=O)Cc1ccc(Cl)cc1. The Balaban J connectivity index is 3.20. The maximum absolute atomic E-state index is 12.4. The highest BCUT2D eigenvalue weighted by atomic mass is 35.5. The number of esters is 2. The van der Waals surface area contributed by atoms with Gasteiger partial charge in [0.05, 0.1) is 26.2 Å². The predicted octanol–water partition coefficient (Wildman–Crippen LogP) is 2.13. The quantitative estimate of drug-likeness (QED) is 0.0851. The van der Waals surface area contributed by atoms with Crippen LogP contribution in [0, 0.1) is 0 Å². The fraction of sp³-hybridized carbons (Fsp3) is 0.333. The molecule has 0 aliphatic carbocycles. The van der Waals surface area contributed by atoms with E-state index in [1.54, 1.807) is 45.0 Å². The van der Waals surface area contributed by atoms with Crippen molar-refractivity contribution in [1.29, 1.82) is 0 Å². The zero-order valence-electron chi connectivity index (χ0n) is 18.0. The average Bonchev–Trinajstić information content (AvgIpc) is 2.74. The maximum Gasteiger partial charge on any atom is 0.345 e. The molecule has 174 valence electrons. The number of aliphatic hydroxyl groups is 1. The van der Waals surface area contributed by atoms with Crippen molar-refractivity contribution < 1.29 is 33.7 Å². The van der Waals surface area contributed by atoms with Crippen LogP contribution in [0.3, 0.4) is 0 Å². The largest absolute Gasteiger partial charge is 0.480 e. The first-order chi connectivity index (χ1) is 15.2. The van der Waals surface area contributed by atoms with E-state index in [-0.39, 0.29) is 26.2 Å². The van der Waals surface area contributed by atoms with Gasteiger partial charge in [-0.05, 0) is 44.5 Å². The molecule has 0 aliphatic heterocycles. The molecule has 0 bridgehead atoms. The monoisotopic (exact) mass is 467 g/mol. The Morgan fingerprint density at radius 1 is 1.03 bits per heavy atom. The number of carbonyl (C=O) groups excluding carboxylic acids is 3. The van der Waals surface area contributed by atoms with E-state index < -0.39 is 40.8 Å². The number of amides is 1. The fourth-order valence-corrected chi connectivity index (χ4v) is 2.36. The number of nitrogens with one attached hydrogen (secondary N) is 1. The summed E-state index contributed by atoms with van der Waals surface area (Å²) in [5, 5.41) is 14.3. The minimum absolute atomic E-state index is 0.00226. The molecule has 10 nitrogen and oxygen atoms in total. The third-order valence-corrected chi connectivity index (χ3v) is 3.90. The summed E-state index contributed by atoms with van der Waals surface area (Å²) < 4.78 is 14.7. The molecule has 0 heterocycles. The van der Waals surface area contributed by atoms with Crippen molar-refractivity contribution in [2.24, 2.45) is 10.8 Å². The van der Waals surface area contributed by atoms with Crippen LogP contribution in [0.4, 0.5) is 0 Å². The molecule has 0 aromatic heterocycles. The lowest BCUT2D eigenvalue weighted by atomic mass is 10.1. The van der Waals surface area contributed by atoms with Gasteiger partial charge in [0, 0.05) is 5.02 Å². The van der Waals surface area contributed by atoms with Crippen molar-refractivity contribution in [3.05, 3.63) is 58.0 Å². The first-order valence-corrected chi connectivity index (χ1v) is 10.1. The summed E-state index contributed by atoms with van der Waals surface area (Å²) in [6.45, 7) is 4.77. The second-order valence-corrected chi connectivity index (χ2v) is 6.42. The van der Waals surface area contributed by atoms with Gasteiger partial charge >= 0.3 is 11.9 Å². The number of amidine groups is 1. The van der Waals surface area contributed by atoms with Crippen LogP contribution >= 0.6 is 11.6 Å². The lowest BCUT2D eigenvalue weighted by Gasteiger charge is -2.10. The number of hydrazone groups is 1. The number of rotatable bonds is 11. The molecule has 11 heteroatoms. The highest BCUT2D eigenvalue weighted by Gasteiger charge is 2.23. The van der Waals surface area contributed by atoms with Crippen LogP contribution in [0.15, 0.2) is 52.5 Å². The van der Waals surface area contributed by atoms with Crippen molar-refractivity contribution in [3.8, 4) is 0 Å². The minimum atomic E-state index is -0.958. The third-order valence-electron chi connectivity index (χ3n) is 3.65. The zero-order chi connectivity index (χ0) is 24.1. The molecule has 4 N–H and O–H groups in total. The molecule has 1 aromatic rings. The molecule has 0 saturated carbocycles. The second kappa shape index (κ2) is 13.7. The molecule has 0 unspecified atom stereocenters. The van der Waals surface area contributed by atoms with E-state index >= 15 is 0 Å². The van der Waals surface area contributed by atoms with E-state index in [1.807, 2.05) is 0 Å². The summed E-state index contributed by atoms with van der Waals surface area (Å²) in [7, 11) is 0. The van der Waals surface area contributed by atoms with Gasteiger partial charge in [0.25, 0.3) is 5.95 Å². The van der Waals surface area contributed by atoms with Gasteiger partial charge in [0.2, 0.25) is 5.91 Å². The molecule has 1 rings (SSSR count). The summed E-state index contributed by atoms with van der Waals surface area (Å²) in [6.07, 6.45) is 0.899. The standard InChI is InChI=1S/C21H26ClN3O7/c1-4-30-19(27)15(12-16(20(28)31-5-2)21(29)32-6-3)18(23)25-24-17(26)11-13-7-9-14(22)10-8-13/h7-10,12,28H,4-6,11H2,1-3H3,(H2,23,25)(H,24,26)/b15-12-,20-16-. The third kappa shape index (κ3) is 8.68. The van der Waals surface area contributed by atoms with Gasteiger partial charge in [-0.25, -0.2) is 15.0 Å².